The molecule has 0 fully saturated rings. The molecular formula is C17H20ClNO2. The summed E-state index contributed by atoms with van der Waals surface area (Å²) in [6, 6.07) is 13.5. The van der Waals surface area contributed by atoms with Crippen LogP contribution in [-0.4, -0.2) is 24.4 Å². The molecule has 0 aliphatic carbocycles. The molecule has 2 aromatic carbocycles. The average molecular weight is 306 g/mol. The van der Waals surface area contributed by atoms with Gasteiger partial charge in [0.2, 0.25) is 0 Å². The molecule has 0 aromatic heterocycles. The van der Waals surface area contributed by atoms with Gasteiger partial charge in [0.1, 0.15) is 18.5 Å². The SMILES string of the molecule is Cc1ccc(OCC(O)CNc2c(C)cccc2Cl)cc1. The Labute approximate surface area is 130 Å². The van der Waals surface area contributed by atoms with Crippen LogP contribution in [0.1, 0.15) is 11.1 Å². The third kappa shape index (κ3) is 4.66. The van der Waals surface area contributed by atoms with Crippen LogP contribution < -0.4 is 10.1 Å². The third-order valence-corrected chi connectivity index (χ3v) is 3.51. The largest absolute Gasteiger partial charge is 0.491 e. The fourth-order valence-electron chi connectivity index (χ4n) is 1.96. The van der Waals surface area contributed by atoms with Gasteiger partial charge in [-0.2, -0.15) is 0 Å². The zero-order chi connectivity index (χ0) is 15.2. The summed E-state index contributed by atoms with van der Waals surface area (Å²) >= 11 is 6.13. The molecule has 2 rings (SSSR count). The molecule has 0 saturated heterocycles. The number of aliphatic hydroxyl groups excluding tert-OH is 1. The normalized spacial score (nSPS) is 12.0. The Bertz CT molecular complexity index is 564. The second-order valence-corrected chi connectivity index (χ2v) is 5.50. The zero-order valence-electron chi connectivity index (χ0n) is 12.3. The lowest BCUT2D eigenvalue weighted by Gasteiger charge is -2.16. The van der Waals surface area contributed by atoms with Crippen LogP contribution in [0.4, 0.5) is 5.69 Å². The van der Waals surface area contributed by atoms with Crippen molar-refractivity contribution in [1.29, 1.82) is 0 Å². The summed E-state index contributed by atoms with van der Waals surface area (Å²) in [6.07, 6.45) is -0.609. The Balaban J connectivity index is 1.82. The highest BCUT2D eigenvalue weighted by Gasteiger charge is 2.08. The van der Waals surface area contributed by atoms with Crippen LogP contribution >= 0.6 is 11.6 Å². The smallest absolute Gasteiger partial charge is 0.119 e. The molecule has 0 aliphatic heterocycles. The molecule has 1 atom stereocenters. The van der Waals surface area contributed by atoms with E-state index in [2.05, 4.69) is 5.32 Å². The summed E-state index contributed by atoms with van der Waals surface area (Å²) in [5.41, 5.74) is 3.08. The van der Waals surface area contributed by atoms with E-state index in [0.29, 0.717) is 11.6 Å². The number of para-hydroxylation sites is 1. The monoisotopic (exact) mass is 305 g/mol. The van der Waals surface area contributed by atoms with Crippen LogP contribution in [0.25, 0.3) is 0 Å². The predicted octanol–water partition coefficient (Wildman–Crippen LogP) is 3.81. The predicted molar refractivity (Wildman–Crippen MR) is 87.4 cm³/mol. The van der Waals surface area contributed by atoms with Gasteiger partial charge in [-0.05, 0) is 37.6 Å². The Morgan fingerprint density at radius 1 is 1.14 bits per heavy atom. The maximum Gasteiger partial charge on any atom is 0.119 e. The van der Waals surface area contributed by atoms with E-state index in [9.17, 15) is 5.11 Å². The van der Waals surface area contributed by atoms with Gasteiger partial charge >= 0.3 is 0 Å². The Hall–Kier alpha value is -1.71. The zero-order valence-corrected chi connectivity index (χ0v) is 13.0. The molecule has 2 N–H and O–H groups in total. The van der Waals surface area contributed by atoms with Crippen molar-refractivity contribution in [2.45, 2.75) is 20.0 Å². The molecule has 0 spiro atoms. The van der Waals surface area contributed by atoms with E-state index >= 15 is 0 Å². The van der Waals surface area contributed by atoms with Crippen LogP contribution in [-0.2, 0) is 0 Å². The lowest BCUT2D eigenvalue weighted by molar-refractivity contribution is 0.117. The minimum absolute atomic E-state index is 0.236. The van der Waals surface area contributed by atoms with Gasteiger partial charge in [0.05, 0.1) is 10.7 Å². The fourth-order valence-corrected chi connectivity index (χ4v) is 2.25. The van der Waals surface area contributed by atoms with E-state index < -0.39 is 6.10 Å². The highest BCUT2D eigenvalue weighted by atomic mass is 35.5. The molecular weight excluding hydrogens is 286 g/mol. The molecule has 3 nitrogen and oxygen atoms in total. The fraction of sp³-hybridized carbons (Fsp3) is 0.294. The first-order chi connectivity index (χ1) is 10.1. The molecule has 112 valence electrons. The Morgan fingerprint density at radius 3 is 2.52 bits per heavy atom. The average Bonchev–Trinajstić information content (AvgIpc) is 2.46. The number of ether oxygens (including phenoxy) is 1. The summed E-state index contributed by atoms with van der Waals surface area (Å²) in [7, 11) is 0. The van der Waals surface area contributed by atoms with Crippen molar-refractivity contribution in [2.24, 2.45) is 0 Å². The molecule has 0 heterocycles. The van der Waals surface area contributed by atoms with Crippen molar-refractivity contribution in [3.8, 4) is 5.75 Å². The van der Waals surface area contributed by atoms with Crippen LogP contribution in [0.5, 0.6) is 5.75 Å². The number of halogens is 1. The van der Waals surface area contributed by atoms with E-state index in [1.165, 1.54) is 5.56 Å². The molecule has 0 radical (unpaired) electrons. The number of benzene rings is 2. The van der Waals surface area contributed by atoms with Crippen molar-refractivity contribution < 1.29 is 9.84 Å². The molecule has 0 aliphatic rings. The van der Waals surface area contributed by atoms with Gasteiger partial charge < -0.3 is 15.2 Å². The van der Waals surface area contributed by atoms with Gasteiger partial charge in [0.15, 0.2) is 0 Å². The van der Waals surface area contributed by atoms with Gasteiger partial charge in [-0.25, -0.2) is 0 Å². The molecule has 0 saturated carbocycles. The highest BCUT2D eigenvalue weighted by molar-refractivity contribution is 6.33. The number of hydrogen-bond donors (Lipinski definition) is 2. The highest BCUT2D eigenvalue weighted by Crippen LogP contribution is 2.25. The first-order valence-electron chi connectivity index (χ1n) is 6.93. The second-order valence-electron chi connectivity index (χ2n) is 5.09. The van der Waals surface area contributed by atoms with Crippen LogP contribution in [0.2, 0.25) is 5.02 Å². The number of anilines is 1. The Kier molecular flexibility index (Phi) is 5.48. The number of aliphatic hydroxyl groups is 1. The van der Waals surface area contributed by atoms with Crippen LogP contribution in [0, 0.1) is 13.8 Å². The lowest BCUT2D eigenvalue weighted by atomic mass is 10.2. The summed E-state index contributed by atoms with van der Waals surface area (Å²) < 4.78 is 5.55. The summed E-state index contributed by atoms with van der Waals surface area (Å²) in [5.74, 6) is 0.758. The van der Waals surface area contributed by atoms with Gasteiger partial charge in [0, 0.05) is 6.54 Å². The van der Waals surface area contributed by atoms with Crippen molar-refractivity contribution in [3.63, 3.8) is 0 Å². The molecule has 4 heteroatoms. The lowest BCUT2D eigenvalue weighted by Crippen LogP contribution is -2.26. The number of aryl methyl sites for hydroxylation is 2. The minimum atomic E-state index is -0.609. The van der Waals surface area contributed by atoms with Gasteiger partial charge in [0.25, 0.3) is 0 Å². The van der Waals surface area contributed by atoms with Crippen LogP contribution in [0.15, 0.2) is 42.5 Å². The van der Waals surface area contributed by atoms with Crippen LogP contribution in [0.3, 0.4) is 0 Å². The maximum atomic E-state index is 9.98. The standard InChI is InChI=1S/C17H20ClNO2/c1-12-6-8-15(9-7-12)21-11-14(20)10-19-17-13(2)4-3-5-16(17)18/h3-9,14,19-20H,10-11H2,1-2H3. The summed E-state index contributed by atoms with van der Waals surface area (Å²) in [5, 5.41) is 13.8. The summed E-state index contributed by atoms with van der Waals surface area (Å²) in [6.45, 7) is 4.62. The van der Waals surface area contributed by atoms with Crippen molar-refractivity contribution in [1.82, 2.24) is 0 Å². The van der Waals surface area contributed by atoms with E-state index in [1.54, 1.807) is 0 Å². The van der Waals surface area contributed by atoms with Crippen molar-refractivity contribution in [3.05, 3.63) is 58.6 Å². The molecule has 1 unspecified atom stereocenters. The Morgan fingerprint density at radius 2 is 1.86 bits per heavy atom. The van der Waals surface area contributed by atoms with E-state index in [-0.39, 0.29) is 6.61 Å². The number of hydrogen-bond acceptors (Lipinski definition) is 3. The van der Waals surface area contributed by atoms with Gasteiger partial charge in [-0.1, -0.05) is 41.4 Å². The first-order valence-corrected chi connectivity index (χ1v) is 7.30. The topological polar surface area (TPSA) is 41.5 Å². The summed E-state index contributed by atoms with van der Waals surface area (Å²) in [4.78, 5) is 0. The quantitative estimate of drug-likeness (QED) is 0.853. The second kappa shape index (κ2) is 7.34. The maximum absolute atomic E-state index is 9.98. The number of rotatable bonds is 6. The van der Waals surface area contributed by atoms with E-state index in [4.69, 9.17) is 16.3 Å². The first kappa shape index (κ1) is 15.7. The molecule has 0 bridgehead atoms. The van der Waals surface area contributed by atoms with Crippen molar-refractivity contribution >= 4 is 17.3 Å². The van der Waals surface area contributed by atoms with E-state index in [1.807, 2.05) is 56.3 Å². The van der Waals surface area contributed by atoms with Crippen molar-refractivity contribution in [2.75, 3.05) is 18.5 Å². The third-order valence-electron chi connectivity index (χ3n) is 3.20. The van der Waals surface area contributed by atoms with Gasteiger partial charge in [-0.15, -0.1) is 0 Å². The minimum Gasteiger partial charge on any atom is -0.491 e. The molecule has 2 aromatic rings. The number of nitrogens with one attached hydrogen (secondary N) is 1. The van der Waals surface area contributed by atoms with E-state index in [0.717, 1.165) is 17.0 Å². The molecule has 0 amide bonds. The van der Waals surface area contributed by atoms with Gasteiger partial charge in [-0.3, -0.25) is 0 Å². The molecule has 21 heavy (non-hydrogen) atoms.